The number of thioether (sulfide) groups is 1. The lowest BCUT2D eigenvalue weighted by atomic mass is 10.1. The normalized spacial score (nSPS) is 20.4. The Balaban J connectivity index is 2.35. The minimum Gasteiger partial charge on any atom is -0.384 e. The summed E-state index contributed by atoms with van der Waals surface area (Å²) in [4.78, 5) is 2.32. The van der Waals surface area contributed by atoms with Crippen LogP contribution in [-0.4, -0.2) is 29.9 Å². The van der Waals surface area contributed by atoms with Gasteiger partial charge in [-0.15, -0.1) is 0 Å². The molecule has 1 fully saturated rings. The molecule has 0 saturated carbocycles. The molecule has 1 aromatic carbocycles. The van der Waals surface area contributed by atoms with Gasteiger partial charge in [0.2, 0.25) is 0 Å². The number of hydrogen-bond acceptors (Lipinski definition) is 3. The number of nitrogens with one attached hydrogen (secondary N) is 1. The minimum absolute atomic E-state index is 0.137. The monoisotopic (exact) mass is 313 g/mol. The Morgan fingerprint density at radius 1 is 1.59 bits per heavy atom. The van der Waals surface area contributed by atoms with E-state index in [1.165, 1.54) is 0 Å². The van der Waals surface area contributed by atoms with Crippen molar-refractivity contribution in [2.45, 2.75) is 12.2 Å². The van der Waals surface area contributed by atoms with E-state index in [0.29, 0.717) is 5.25 Å². The van der Waals surface area contributed by atoms with Crippen LogP contribution in [0.15, 0.2) is 22.7 Å². The van der Waals surface area contributed by atoms with Gasteiger partial charge < -0.3 is 10.6 Å². The van der Waals surface area contributed by atoms with Gasteiger partial charge in [0, 0.05) is 39.8 Å². The minimum atomic E-state index is 0.137. The predicted octanol–water partition coefficient (Wildman–Crippen LogP) is 2.67. The zero-order valence-corrected chi connectivity index (χ0v) is 12.1. The number of nitrogens with two attached hydrogens (primary N) is 1. The average Bonchev–Trinajstić information content (AvgIpc) is 2.28. The van der Waals surface area contributed by atoms with E-state index < -0.39 is 0 Å². The molecule has 17 heavy (non-hydrogen) atoms. The van der Waals surface area contributed by atoms with E-state index in [1.807, 2.05) is 23.9 Å². The molecule has 0 amide bonds. The Morgan fingerprint density at radius 2 is 2.35 bits per heavy atom. The van der Waals surface area contributed by atoms with Gasteiger partial charge in [0.1, 0.15) is 5.84 Å². The van der Waals surface area contributed by atoms with Crippen LogP contribution in [0.25, 0.3) is 0 Å². The smallest absolute Gasteiger partial charge is 0.124 e. The lowest BCUT2D eigenvalue weighted by molar-refractivity contribution is 0.782. The Kier molecular flexibility index (Phi) is 3.99. The Bertz CT molecular complexity index is 436. The van der Waals surface area contributed by atoms with Crippen molar-refractivity contribution in [2.75, 3.05) is 23.7 Å². The van der Waals surface area contributed by atoms with E-state index in [0.717, 1.165) is 34.6 Å². The Hall–Kier alpha value is -0.680. The van der Waals surface area contributed by atoms with Gasteiger partial charge in [-0.3, -0.25) is 5.41 Å². The lowest BCUT2D eigenvalue weighted by Gasteiger charge is -2.33. The molecule has 0 aliphatic carbocycles. The van der Waals surface area contributed by atoms with Gasteiger partial charge in [-0.05, 0) is 18.2 Å². The summed E-state index contributed by atoms with van der Waals surface area (Å²) in [5, 5.41) is 8.27. The zero-order valence-electron chi connectivity index (χ0n) is 9.74. The summed E-state index contributed by atoms with van der Waals surface area (Å²) in [5.41, 5.74) is 7.54. The van der Waals surface area contributed by atoms with Gasteiger partial charge >= 0.3 is 0 Å². The van der Waals surface area contributed by atoms with Crippen molar-refractivity contribution in [3.63, 3.8) is 0 Å². The molecule has 2 rings (SSSR count). The summed E-state index contributed by atoms with van der Waals surface area (Å²) in [5.74, 6) is 1.27. The molecule has 1 aliphatic rings. The fourth-order valence-corrected chi connectivity index (χ4v) is 3.39. The highest BCUT2D eigenvalue weighted by Gasteiger charge is 2.20. The second-order valence-corrected chi connectivity index (χ2v) is 6.66. The number of rotatable bonds is 2. The summed E-state index contributed by atoms with van der Waals surface area (Å²) in [6.07, 6.45) is 0. The number of hydrogen-bond donors (Lipinski definition) is 2. The maximum absolute atomic E-state index is 7.65. The largest absolute Gasteiger partial charge is 0.384 e. The SMILES string of the molecule is CC1CN(c2cc(Br)ccc2C(=N)N)CCS1. The topological polar surface area (TPSA) is 53.1 Å². The molecule has 3 N–H and O–H groups in total. The van der Waals surface area contributed by atoms with Crippen LogP contribution in [0.3, 0.4) is 0 Å². The molecule has 1 unspecified atom stereocenters. The molecule has 1 heterocycles. The van der Waals surface area contributed by atoms with Crippen LogP contribution in [0.2, 0.25) is 0 Å². The number of amidine groups is 1. The number of benzene rings is 1. The highest BCUT2D eigenvalue weighted by Crippen LogP contribution is 2.29. The van der Waals surface area contributed by atoms with Crippen LogP contribution in [-0.2, 0) is 0 Å². The van der Waals surface area contributed by atoms with Crippen LogP contribution < -0.4 is 10.6 Å². The van der Waals surface area contributed by atoms with Crippen LogP contribution in [0, 0.1) is 5.41 Å². The van der Waals surface area contributed by atoms with Crippen molar-refractivity contribution in [2.24, 2.45) is 5.73 Å². The van der Waals surface area contributed by atoms with Gasteiger partial charge in [-0.1, -0.05) is 22.9 Å². The van der Waals surface area contributed by atoms with Gasteiger partial charge in [-0.2, -0.15) is 11.8 Å². The Labute approximate surface area is 114 Å². The first kappa shape index (κ1) is 12.8. The molecule has 0 radical (unpaired) electrons. The van der Waals surface area contributed by atoms with E-state index in [9.17, 15) is 0 Å². The van der Waals surface area contributed by atoms with Crippen LogP contribution in [0.4, 0.5) is 5.69 Å². The van der Waals surface area contributed by atoms with Gasteiger partial charge in [0.15, 0.2) is 0 Å². The predicted molar refractivity (Wildman–Crippen MR) is 79.3 cm³/mol. The van der Waals surface area contributed by atoms with Crippen LogP contribution in [0.1, 0.15) is 12.5 Å². The summed E-state index contributed by atoms with van der Waals surface area (Å²) >= 11 is 5.48. The highest BCUT2D eigenvalue weighted by molar-refractivity contribution is 9.10. The van der Waals surface area contributed by atoms with Crippen LogP contribution >= 0.6 is 27.7 Å². The summed E-state index contributed by atoms with van der Waals surface area (Å²) < 4.78 is 1.03. The molecule has 1 saturated heterocycles. The van der Waals surface area contributed by atoms with Gasteiger partial charge in [0.25, 0.3) is 0 Å². The third-order valence-corrected chi connectivity index (χ3v) is 4.46. The number of anilines is 1. The second kappa shape index (κ2) is 5.31. The molecule has 1 aromatic rings. The molecule has 3 nitrogen and oxygen atoms in total. The van der Waals surface area contributed by atoms with E-state index in [-0.39, 0.29) is 5.84 Å². The number of nitrogen functional groups attached to an aromatic ring is 1. The fourth-order valence-electron chi connectivity index (χ4n) is 2.03. The van der Waals surface area contributed by atoms with Crippen molar-refractivity contribution >= 4 is 39.2 Å². The van der Waals surface area contributed by atoms with Crippen molar-refractivity contribution in [1.29, 1.82) is 5.41 Å². The summed E-state index contributed by atoms with van der Waals surface area (Å²) in [7, 11) is 0. The van der Waals surface area contributed by atoms with E-state index >= 15 is 0 Å². The van der Waals surface area contributed by atoms with Crippen molar-refractivity contribution in [3.05, 3.63) is 28.2 Å². The molecular weight excluding hydrogens is 298 g/mol. The first-order chi connectivity index (χ1) is 8.08. The number of halogens is 1. The summed E-state index contributed by atoms with van der Waals surface area (Å²) in [6.45, 7) is 4.27. The van der Waals surface area contributed by atoms with E-state index in [2.05, 4.69) is 33.8 Å². The first-order valence-electron chi connectivity index (χ1n) is 5.58. The zero-order chi connectivity index (χ0) is 12.4. The van der Waals surface area contributed by atoms with Crippen molar-refractivity contribution in [1.82, 2.24) is 0 Å². The maximum atomic E-state index is 7.65. The fraction of sp³-hybridized carbons (Fsp3) is 0.417. The van der Waals surface area contributed by atoms with Gasteiger partial charge in [-0.25, -0.2) is 0 Å². The second-order valence-electron chi connectivity index (χ2n) is 4.20. The Morgan fingerprint density at radius 3 is 3.00 bits per heavy atom. The molecule has 5 heteroatoms. The molecule has 1 atom stereocenters. The third-order valence-electron chi connectivity index (χ3n) is 2.83. The van der Waals surface area contributed by atoms with E-state index in [4.69, 9.17) is 11.1 Å². The molecule has 92 valence electrons. The lowest BCUT2D eigenvalue weighted by Crippen LogP contribution is -2.37. The molecule has 0 spiro atoms. The van der Waals surface area contributed by atoms with Crippen LogP contribution in [0.5, 0.6) is 0 Å². The van der Waals surface area contributed by atoms with E-state index in [1.54, 1.807) is 0 Å². The van der Waals surface area contributed by atoms with Crippen molar-refractivity contribution < 1.29 is 0 Å². The quantitative estimate of drug-likeness (QED) is 0.652. The first-order valence-corrected chi connectivity index (χ1v) is 7.42. The maximum Gasteiger partial charge on any atom is 0.124 e. The number of nitrogens with zero attached hydrogens (tertiary/aromatic N) is 1. The molecule has 0 bridgehead atoms. The molecular formula is C12H16BrN3S. The third kappa shape index (κ3) is 2.96. The van der Waals surface area contributed by atoms with Gasteiger partial charge in [0.05, 0.1) is 0 Å². The average molecular weight is 314 g/mol. The summed E-state index contributed by atoms with van der Waals surface area (Å²) in [6, 6.07) is 5.90. The molecule has 0 aromatic heterocycles. The molecule has 1 aliphatic heterocycles. The standard InChI is InChI=1S/C12H16BrN3S/c1-8-7-16(4-5-17-8)11-6-9(13)2-3-10(11)12(14)15/h2-3,6,8H,4-5,7H2,1H3,(H3,14,15). The highest BCUT2D eigenvalue weighted by atomic mass is 79.9. The van der Waals surface area contributed by atoms with Crippen molar-refractivity contribution in [3.8, 4) is 0 Å².